The highest BCUT2D eigenvalue weighted by atomic mass is 79.9. The van der Waals surface area contributed by atoms with Crippen LogP contribution in [0, 0.1) is 0 Å². The van der Waals surface area contributed by atoms with Crippen LogP contribution in [-0.2, 0) is 6.61 Å². The maximum absolute atomic E-state index is 12.4. The molecule has 2 N–H and O–H groups in total. The summed E-state index contributed by atoms with van der Waals surface area (Å²) in [6, 6.07) is 0. The molecule has 0 unspecified atom stereocenters. The Hall–Kier alpha value is -0.750. The van der Waals surface area contributed by atoms with Gasteiger partial charge in [0.1, 0.15) is 0 Å². The normalized spacial score (nSPS) is 10.8. The Morgan fingerprint density at radius 3 is 2.62 bits per heavy atom. The molecule has 0 aromatic carbocycles. The molecule has 0 saturated heterocycles. The predicted molar refractivity (Wildman–Crippen MR) is 45.6 cm³/mol. The molecular formula is C7H6BrF2NO2. The molecule has 1 rings (SSSR count). The number of aliphatic hydroxyl groups is 1. The van der Waals surface area contributed by atoms with Crippen molar-refractivity contribution in [3.63, 3.8) is 0 Å². The van der Waals surface area contributed by atoms with Gasteiger partial charge in [0, 0.05) is 16.2 Å². The Balaban J connectivity index is 3.44. The van der Waals surface area contributed by atoms with Gasteiger partial charge in [-0.15, -0.1) is 0 Å². The van der Waals surface area contributed by atoms with Crippen LogP contribution in [0.5, 0.6) is 0 Å². The van der Waals surface area contributed by atoms with Gasteiger partial charge in [0.05, 0.1) is 12.2 Å². The summed E-state index contributed by atoms with van der Waals surface area (Å²) < 4.78 is 24.8. The third-order valence-electron chi connectivity index (χ3n) is 1.56. The summed E-state index contributed by atoms with van der Waals surface area (Å²) >= 11 is 2.86. The van der Waals surface area contributed by atoms with Crippen molar-refractivity contribution in [1.82, 2.24) is 4.98 Å². The minimum absolute atomic E-state index is 0.0890. The van der Waals surface area contributed by atoms with Gasteiger partial charge >= 0.3 is 0 Å². The number of aromatic amines is 1. The summed E-state index contributed by atoms with van der Waals surface area (Å²) in [6.45, 7) is -0.700. The Morgan fingerprint density at radius 1 is 1.62 bits per heavy atom. The zero-order valence-electron chi connectivity index (χ0n) is 6.35. The second-order valence-corrected chi connectivity index (χ2v) is 3.17. The van der Waals surface area contributed by atoms with Gasteiger partial charge in [-0.3, -0.25) is 4.79 Å². The molecule has 0 aliphatic heterocycles. The molecular weight excluding hydrogens is 248 g/mol. The molecule has 0 radical (unpaired) electrons. The highest BCUT2D eigenvalue weighted by Crippen LogP contribution is 2.27. The number of aromatic nitrogens is 1. The average Bonchev–Trinajstić information content (AvgIpc) is 2.07. The average molecular weight is 254 g/mol. The monoisotopic (exact) mass is 253 g/mol. The number of hydrogen-bond acceptors (Lipinski definition) is 2. The van der Waals surface area contributed by atoms with Crippen LogP contribution in [0.1, 0.15) is 17.6 Å². The maximum Gasteiger partial charge on any atom is 0.265 e. The molecule has 0 aliphatic rings. The number of alkyl halides is 2. The van der Waals surface area contributed by atoms with Crippen LogP contribution in [0.2, 0.25) is 0 Å². The summed E-state index contributed by atoms with van der Waals surface area (Å²) in [5.74, 6) is 0. The first-order valence-corrected chi connectivity index (χ1v) is 4.16. The molecule has 3 nitrogen and oxygen atoms in total. The van der Waals surface area contributed by atoms with Crippen LogP contribution in [0.15, 0.2) is 15.5 Å². The Kier molecular flexibility index (Phi) is 3.16. The molecule has 0 atom stereocenters. The zero-order chi connectivity index (χ0) is 10.0. The molecule has 6 heteroatoms. The summed E-state index contributed by atoms with van der Waals surface area (Å²) in [5, 5.41) is 8.70. The van der Waals surface area contributed by atoms with E-state index in [1.807, 2.05) is 0 Å². The summed E-state index contributed by atoms with van der Waals surface area (Å²) in [4.78, 5) is 13.2. The second-order valence-electron chi connectivity index (χ2n) is 2.32. The fourth-order valence-corrected chi connectivity index (χ4v) is 1.48. The Bertz CT molecular complexity index is 364. The van der Waals surface area contributed by atoms with E-state index < -0.39 is 24.2 Å². The van der Waals surface area contributed by atoms with Crippen LogP contribution in [0.4, 0.5) is 8.78 Å². The summed E-state index contributed by atoms with van der Waals surface area (Å²) in [5.41, 5.74) is -1.45. The molecule has 1 heterocycles. The van der Waals surface area contributed by atoms with Gasteiger partial charge in [-0.1, -0.05) is 0 Å². The second kappa shape index (κ2) is 3.97. The largest absolute Gasteiger partial charge is 0.391 e. The highest BCUT2D eigenvalue weighted by molar-refractivity contribution is 9.10. The lowest BCUT2D eigenvalue weighted by molar-refractivity contribution is 0.145. The molecule has 72 valence electrons. The Morgan fingerprint density at radius 2 is 2.23 bits per heavy atom. The zero-order valence-corrected chi connectivity index (χ0v) is 7.94. The highest BCUT2D eigenvalue weighted by Gasteiger charge is 2.18. The fourth-order valence-electron chi connectivity index (χ4n) is 0.953. The topological polar surface area (TPSA) is 53.1 Å². The lowest BCUT2D eigenvalue weighted by atomic mass is 10.1. The first kappa shape index (κ1) is 10.3. The van der Waals surface area contributed by atoms with Crippen LogP contribution in [0.3, 0.4) is 0 Å². The van der Waals surface area contributed by atoms with Crippen molar-refractivity contribution in [1.29, 1.82) is 0 Å². The minimum Gasteiger partial charge on any atom is -0.391 e. The first-order chi connectivity index (χ1) is 6.07. The van der Waals surface area contributed by atoms with Gasteiger partial charge in [-0.05, 0) is 15.9 Å². The quantitative estimate of drug-likeness (QED) is 0.841. The molecule has 0 fully saturated rings. The van der Waals surface area contributed by atoms with Gasteiger partial charge < -0.3 is 10.1 Å². The number of aliphatic hydroxyl groups excluding tert-OH is 1. The lowest BCUT2D eigenvalue weighted by Crippen LogP contribution is -2.16. The number of nitrogens with one attached hydrogen (secondary N) is 1. The van der Waals surface area contributed by atoms with E-state index in [1.165, 1.54) is 0 Å². The van der Waals surface area contributed by atoms with Crippen LogP contribution >= 0.6 is 15.9 Å². The van der Waals surface area contributed by atoms with Crippen molar-refractivity contribution >= 4 is 15.9 Å². The standard InChI is InChI=1S/C7H6BrF2NO2/c8-4-1-11-7(13)3(2-12)5(4)6(9)10/h1,6,12H,2H2,(H,11,13). The van der Waals surface area contributed by atoms with Crippen molar-refractivity contribution in [2.75, 3.05) is 0 Å². The molecule has 0 amide bonds. The molecule has 13 heavy (non-hydrogen) atoms. The fraction of sp³-hybridized carbons (Fsp3) is 0.286. The Labute approximate surface area is 80.5 Å². The molecule has 0 spiro atoms. The molecule has 1 aromatic heterocycles. The van der Waals surface area contributed by atoms with Gasteiger partial charge in [-0.25, -0.2) is 8.78 Å². The van der Waals surface area contributed by atoms with Gasteiger partial charge in [0.2, 0.25) is 0 Å². The molecule has 1 aromatic rings. The van der Waals surface area contributed by atoms with E-state index in [9.17, 15) is 13.6 Å². The number of hydrogen-bond donors (Lipinski definition) is 2. The summed E-state index contributed by atoms with van der Waals surface area (Å²) in [7, 11) is 0. The third kappa shape index (κ3) is 1.94. The number of rotatable bonds is 2. The maximum atomic E-state index is 12.4. The van der Waals surface area contributed by atoms with E-state index in [0.29, 0.717) is 0 Å². The smallest absolute Gasteiger partial charge is 0.265 e. The van der Waals surface area contributed by atoms with Crippen molar-refractivity contribution in [3.8, 4) is 0 Å². The van der Waals surface area contributed by atoms with Crippen molar-refractivity contribution < 1.29 is 13.9 Å². The van der Waals surface area contributed by atoms with Crippen LogP contribution in [0.25, 0.3) is 0 Å². The van der Waals surface area contributed by atoms with Gasteiger partial charge in [0.25, 0.3) is 12.0 Å². The van der Waals surface area contributed by atoms with E-state index in [2.05, 4.69) is 20.9 Å². The molecule has 0 bridgehead atoms. The SMILES string of the molecule is O=c1[nH]cc(Br)c(C(F)F)c1CO. The van der Waals surface area contributed by atoms with Crippen LogP contribution < -0.4 is 5.56 Å². The van der Waals surface area contributed by atoms with Gasteiger partial charge in [-0.2, -0.15) is 0 Å². The molecule has 0 aliphatic carbocycles. The van der Waals surface area contributed by atoms with E-state index in [-0.39, 0.29) is 10.0 Å². The van der Waals surface area contributed by atoms with Crippen molar-refractivity contribution in [2.24, 2.45) is 0 Å². The van der Waals surface area contributed by atoms with E-state index in [1.54, 1.807) is 0 Å². The van der Waals surface area contributed by atoms with E-state index >= 15 is 0 Å². The number of pyridine rings is 1. The first-order valence-electron chi connectivity index (χ1n) is 3.37. The van der Waals surface area contributed by atoms with Gasteiger partial charge in [0.15, 0.2) is 0 Å². The predicted octanol–water partition coefficient (Wildman–Crippen LogP) is 1.57. The van der Waals surface area contributed by atoms with Crippen molar-refractivity contribution in [2.45, 2.75) is 13.0 Å². The van der Waals surface area contributed by atoms with E-state index in [0.717, 1.165) is 6.20 Å². The number of H-pyrrole nitrogens is 1. The minimum atomic E-state index is -2.78. The van der Waals surface area contributed by atoms with E-state index in [4.69, 9.17) is 5.11 Å². The lowest BCUT2D eigenvalue weighted by Gasteiger charge is -2.06. The number of halogens is 3. The summed E-state index contributed by atoms with van der Waals surface area (Å²) in [6.07, 6.45) is -1.65. The van der Waals surface area contributed by atoms with Crippen LogP contribution in [-0.4, -0.2) is 10.1 Å². The van der Waals surface area contributed by atoms with Crippen molar-refractivity contribution in [3.05, 3.63) is 32.2 Å². The third-order valence-corrected chi connectivity index (χ3v) is 2.22. The molecule has 0 saturated carbocycles.